The number of hydrogen-bond acceptors (Lipinski definition) is 3. The number of carbonyl (C=O) groups excluding carboxylic acids is 1. The number of carbonyl (C=O) groups is 1. The molecule has 0 aliphatic carbocycles. The molecule has 6 heteroatoms. The van der Waals surface area contributed by atoms with Crippen LogP contribution in [0.5, 0.6) is 0 Å². The molecule has 0 radical (unpaired) electrons. The van der Waals surface area contributed by atoms with Crippen LogP contribution in [0.4, 0.5) is 0 Å². The van der Waals surface area contributed by atoms with E-state index in [4.69, 9.17) is 11.6 Å². The summed E-state index contributed by atoms with van der Waals surface area (Å²) < 4.78 is 17.8. The van der Waals surface area contributed by atoms with Gasteiger partial charge in [-0.15, -0.1) is 0 Å². The largest absolute Gasteiger partial charge is 0.465 e. The zero-order valence-corrected chi connectivity index (χ0v) is 10.8. The fraction of sp³-hybridized carbons (Fsp3) is 0.300. The Labute approximate surface area is 102 Å². The highest BCUT2D eigenvalue weighted by atomic mass is 35.5. The molecule has 16 heavy (non-hydrogen) atoms. The first kappa shape index (κ1) is 13.2. The number of ether oxygens (including phenoxy) is 1. The van der Waals surface area contributed by atoms with Crippen molar-refractivity contribution in [3.8, 4) is 0 Å². The summed E-state index contributed by atoms with van der Waals surface area (Å²) in [6.45, 7) is 0. The van der Waals surface area contributed by atoms with Crippen LogP contribution in [0.3, 0.4) is 0 Å². The highest BCUT2D eigenvalue weighted by molar-refractivity contribution is 7.82. The van der Waals surface area contributed by atoms with Gasteiger partial charge in [0.1, 0.15) is 11.0 Å². The number of rotatable bonds is 3. The van der Waals surface area contributed by atoms with E-state index in [9.17, 15) is 9.00 Å². The Morgan fingerprint density at radius 3 is 2.50 bits per heavy atom. The van der Waals surface area contributed by atoms with Gasteiger partial charge in [0.15, 0.2) is 0 Å². The van der Waals surface area contributed by atoms with Crippen molar-refractivity contribution in [2.24, 2.45) is 0 Å². The third kappa shape index (κ3) is 2.81. The molecule has 0 heterocycles. The Hall–Kier alpha value is -0.910. The molecule has 0 aromatic heterocycles. The van der Waals surface area contributed by atoms with E-state index in [1.165, 1.54) is 23.5 Å². The molecular weight excluding hydrogens is 250 g/mol. The minimum absolute atomic E-state index is 0.287. The monoisotopic (exact) mass is 261 g/mol. The lowest BCUT2D eigenvalue weighted by Gasteiger charge is -2.11. The van der Waals surface area contributed by atoms with Crippen molar-refractivity contribution in [2.45, 2.75) is 4.90 Å². The minimum Gasteiger partial charge on any atom is -0.465 e. The molecule has 1 atom stereocenters. The highest BCUT2D eigenvalue weighted by Crippen LogP contribution is 2.22. The van der Waals surface area contributed by atoms with Crippen molar-refractivity contribution in [3.63, 3.8) is 0 Å². The minimum atomic E-state index is -1.32. The quantitative estimate of drug-likeness (QED) is 0.779. The zero-order chi connectivity index (χ0) is 12.3. The fourth-order valence-corrected chi connectivity index (χ4v) is 2.27. The molecule has 0 spiro atoms. The van der Waals surface area contributed by atoms with Crippen LogP contribution < -0.4 is 0 Å². The summed E-state index contributed by atoms with van der Waals surface area (Å²) in [4.78, 5) is 11.7. The molecule has 0 saturated heterocycles. The maximum absolute atomic E-state index is 11.8. The number of hydrogen-bond donors (Lipinski definition) is 0. The Morgan fingerprint density at radius 2 is 2.06 bits per heavy atom. The predicted octanol–water partition coefficient (Wildman–Crippen LogP) is 1.71. The molecule has 0 amide bonds. The molecule has 0 aliphatic rings. The number of nitrogens with zero attached hydrogens (tertiary/aromatic N) is 1. The molecule has 0 N–H and O–H groups in total. The zero-order valence-electron chi connectivity index (χ0n) is 9.19. The number of methoxy groups -OCH3 is 1. The van der Waals surface area contributed by atoms with Crippen molar-refractivity contribution in [3.05, 3.63) is 28.8 Å². The van der Waals surface area contributed by atoms with Gasteiger partial charge in [-0.2, -0.15) is 0 Å². The van der Waals surface area contributed by atoms with Crippen molar-refractivity contribution in [1.82, 2.24) is 4.31 Å². The van der Waals surface area contributed by atoms with Crippen LogP contribution in [0.15, 0.2) is 23.1 Å². The van der Waals surface area contributed by atoms with Gasteiger partial charge in [-0.25, -0.2) is 13.3 Å². The summed E-state index contributed by atoms with van der Waals surface area (Å²) >= 11 is 5.94. The van der Waals surface area contributed by atoms with E-state index < -0.39 is 17.0 Å². The van der Waals surface area contributed by atoms with Crippen LogP contribution in [0.25, 0.3) is 0 Å². The van der Waals surface area contributed by atoms with E-state index >= 15 is 0 Å². The third-order valence-corrected chi connectivity index (χ3v) is 3.69. The lowest BCUT2D eigenvalue weighted by atomic mass is 10.2. The Bertz CT molecular complexity index is 434. The van der Waals surface area contributed by atoms with Gasteiger partial charge in [-0.3, -0.25) is 0 Å². The van der Waals surface area contributed by atoms with E-state index in [2.05, 4.69) is 4.74 Å². The smallest absolute Gasteiger partial charge is 0.337 e. The van der Waals surface area contributed by atoms with Gasteiger partial charge in [0, 0.05) is 0 Å². The van der Waals surface area contributed by atoms with Gasteiger partial charge >= 0.3 is 5.97 Å². The molecule has 4 nitrogen and oxygen atoms in total. The number of halogens is 1. The summed E-state index contributed by atoms with van der Waals surface area (Å²) in [6, 6.07) is 4.54. The van der Waals surface area contributed by atoms with Crippen LogP contribution >= 0.6 is 11.6 Å². The highest BCUT2D eigenvalue weighted by Gasteiger charge is 2.14. The predicted molar refractivity (Wildman–Crippen MR) is 62.9 cm³/mol. The average molecular weight is 262 g/mol. The van der Waals surface area contributed by atoms with E-state index in [1.54, 1.807) is 20.2 Å². The topological polar surface area (TPSA) is 46.6 Å². The van der Waals surface area contributed by atoms with Gasteiger partial charge < -0.3 is 4.74 Å². The van der Waals surface area contributed by atoms with Gasteiger partial charge in [-0.1, -0.05) is 11.6 Å². The molecule has 0 saturated carbocycles. The average Bonchev–Trinajstić information content (AvgIpc) is 2.26. The Kier molecular flexibility index (Phi) is 4.46. The SMILES string of the molecule is COC(=O)c1ccc(S(=O)N(C)C)c(Cl)c1. The first-order valence-corrected chi connectivity index (χ1v) is 5.93. The van der Waals surface area contributed by atoms with E-state index in [0.29, 0.717) is 10.5 Å². The van der Waals surface area contributed by atoms with Crippen molar-refractivity contribution in [2.75, 3.05) is 21.2 Å². The summed E-state index contributed by atoms with van der Waals surface area (Å²) in [5.41, 5.74) is 0.340. The molecule has 1 unspecified atom stereocenters. The standard InChI is InChI=1S/C10H12ClNO3S/c1-12(2)16(14)9-5-4-7(6-8(9)11)10(13)15-3/h4-6H,1-3H3. The fourth-order valence-electron chi connectivity index (χ4n) is 1.08. The summed E-state index contributed by atoms with van der Waals surface area (Å²) in [7, 11) is 3.34. The molecule has 0 aliphatic heterocycles. The van der Waals surface area contributed by atoms with Gasteiger partial charge in [0.2, 0.25) is 0 Å². The van der Waals surface area contributed by atoms with Crippen LogP contribution in [0, 0.1) is 0 Å². The molecule has 1 aromatic carbocycles. The second-order valence-corrected chi connectivity index (χ2v) is 5.27. The van der Waals surface area contributed by atoms with E-state index in [0.717, 1.165) is 0 Å². The van der Waals surface area contributed by atoms with E-state index in [1.807, 2.05) is 0 Å². The molecule has 0 bridgehead atoms. The number of esters is 1. The van der Waals surface area contributed by atoms with Gasteiger partial charge in [0.25, 0.3) is 0 Å². The summed E-state index contributed by atoms with van der Waals surface area (Å²) in [6.07, 6.45) is 0. The summed E-state index contributed by atoms with van der Waals surface area (Å²) in [5.74, 6) is -0.468. The van der Waals surface area contributed by atoms with Crippen molar-refractivity contribution >= 4 is 28.6 Å². The van der Waals surface area contributed by atoms with Crippen LogP contribution in [0.1, 0.15) is 10.4 Å². The third-order valence-electron chi connectivity index (χ3n) is 1.87. The van der Waals surface area contributed by atoms with Crippen molar-refractivity contribution < 1.29 is 13.7 Å². The van der Waals surface area contributed by atoms with Gasteiger partial charge in [-0.05, 0) is 32.3 Å². The first-order valence-electron chi connectivity index (χ1n) is 4.44. The molecule has 0 fully saturated rings. The second-order valence-electron chi connectivity index (χ2n) is 3.20. The van der Waals surface area contributed by atoms with E-state index in [-0.39, 0.29) is 5.02 Å². The first-order chi connectivity index (χ1) is 7.47. The molecular formula is C10H12ClNO3S. The second kappa shape index (κ2) is 5.43. The lowest BCUT2D eigenvalue weighted by molar-refractivity contribution is 0.0600. The van der Waals surface area contributed by atoms with Crippen molar-refractivity contribution in [1.29, 1.82) is 0 Å². The molecule has 1 rings (SSSR count). The number of benzene rings is 1. The normalized spacial score (nSPS) is 12.6. The Balaban J connectivity index is 3.10. The molecule has 1 aromatic rings. The Morgan fingerprint density at radius 1 is 1.44 bits per heavy atom. The maximum atomic E-state index is 11.8. The van der Waals surface area contributed by atoms with Crippen LogP contribution in [-0.2, 0) is 15.7 Å². The molecule has 88 valence electrons. The maximum Gasteiger partial charge on any atom is 0.337 e. The van der Waals surface area contributed by atoms with Crippen LogP contribution in [0.2, 0.25) is 5.02 Å². The summed E-state index contributed by atoms with van der Waals surface area (Å²) in [5, 5.41) is 0.287. The van der Waals surface area contributed by atoms with Gasteiger partial charge in [0.05, 0.1) is 22.6 Å². The lowest BCUT2D eigenvalue weighted by Crippen LogP contribution is -2.15. The van der Waals surface area contributed by atoms with Crippen LogP contribution in [-0.4, -0.2) is 35.7 Å².